The SMILES string of the molecule is Cc1cc(C)nc(-n2nc(C)c(CC(=O)Nc3cccc(S(=O)(=O)C4CCCC4)c3)c2C)n1. The molecule has 1 aliphatic rings. The number of nitrogens with one attached hydrogen (secondary N) is 1. The molecule has 9 heteroatoms. The molecule has 0 saturated heterocycles. The maximum Gasteiger partial charge on any atom is 0.251 e. The number of hydrogen-bond donors (Lipinski definition) is 1. The third-order valence-electron chi connectivity index (χ3n) is 6.13. The number of aromatic nitrogens is 4. The number of hydrogen-bond acceptors (Lipinski definition) is 6. The number of nitrogens with zero attached hydrogens (tertiary/aromatic N) is 4. The fourth-order valence-electron chi connectivity index (χ4n) is 4.44. The molecule has 0 aliphatic heterocycles. The predicted octanol–water partition coefficient (Wildman–Crippen LogP) is 3.79. The molecule has 1 amide bonds. The first-order chi connectivity index (χ1) is 15.6. The van der Waals surface area contributed by atoms with Gasteiger partial charge in [0.05, 0.1) is 22.3 Å². The van der Waals surface area contributed by atoms with Gasteiger partial charge in [0.15, 0.2) is 9.84 Å². The monoisotopic (exact) mass is 467 g/mol. The van der Waals surface area contributed by atoms with Crippen LogP contribution in [0, 0.1) is 27.7 Å². The molecule has 2 heterocycles. The van der Waals surface area contributed by atoms with Crippen molar-refractivity contribution in [1.29, 1.82) is 0 Å². The van der Waals surface area contributed by atoms with Crippen molar-refractivity contribution in [3.05, 3.63) is 58.7 Å². The van der Waals surface area contributed by atoms with E-state index in [-0.39, 0.29) is 22.5 Å². The highest BCUT2D eigenvalue weighted by atomic mass is 32.2. The van der Waals surface area contributed by atoms with Crippen molar-refractivity contribution < 1.29 is 13.2 Å². The summed E-state index contributed by atoms with van der Waals surface area (Å²) >= 11 is 0. The smallest absolute Gasteiger partial charge is 0.251 e. The summed E-state index contributed by atoms with van der Waals surface area (Å²) < 4.78 is 27.5. The van der Waals surface area contributed by atoms with E-state index < -0.39 is 9.84 Å². The van der Waals surface area contributed by atoms with Crippen molar-refractivity contribution in [2.45, 2.75) is 69.9 Å². The van der Waals surface area contributed by atoms with Crippen LogP contribution >= 0.6 is 0 Å². The summed E-state index contributed by atoms with van der Waals surface area (Å²) in [4.78, 5) is 22.0. The van der Waals surface area contributed by atoms with Gasteiger partial charge in [-0.05, 0) is 64.8 Å². The molecule has 1 N–H and O–H groups in total. The number of carbonyl (C=O) groups is 1. The van der Waals surface area contributed by atoms with Crippen molar-refractivity contribution in [1.82, 2.24) is 19.7 Å². The lowest BCUT2D eigenvalue weighted by Crippen LogP contribution is -2.19. The molecule has 1 saturated carbocycles. The Balaban J connectivity index is 1.53. The normalized spacial score (nSPS) is 14.5. The first-order valence-corrected chi connectivity index (χ1v) is 12.7. The molecule has 0 spiro atoms. The molecule has 0 unspecified atom stereocenters. The van der Waals surface area contributed by atoms with Crippen molar-refractivity contribution in [3.8, 4) is 5.95 Å². The van der Waals surface area contributed by atoms with Gasteiger partial charge in [-0.2, -0.15) is 5.10 Å². The van der Waals surface area contributed by atoms with E-state index >= 15 is 0 Å². The van der Waals surface area contributed by atoms with Gasteiger partial charge in [-0.15, -0.1) is 0 Å². The maximum atomic E-state index is 12.9. The van der Waals surface area contributed by atoms with Crippen LogP contribution in [0.15, 0.2) is 35.2 Å². The summed E-state index contributed by atoms with van der Waals surface area (Å²) in [6.45, 7) is 7.54. The number of amides is 1. The van der Waals surface area contributed by atoms with Crippen molar-refractivity contribution >= 4 is 21.4 Å². The van der Waals surface area contributed by atoms with Crippen molar-refractivity contribution in [2.75, 3.05) is 5.32 Å². The average molecular weight is 468 g/mol. The number of carbonyl (C=O) groups excluding carboxylic acids is 1. The van der Waals surface area contributed by atoms with Crippen LogP contribution in [0.2, 0.25) is 0 Å². The van der Waals surface area contributed by atoms with E-state index in [2.05, 4.69) is 20.4 Å². The lowest BCUT2D eigenvalue weighted by molar-refractivity contribution is -0.115. The summed E-state index contributed by atoms with van der Waals surface area (Å²) in [5, 5.41) is 7.06. The van der Waals surface area contributed by atoms with E-state index in [9.17, 15) is 13.2 Å². The number of aryl methyl sites for hydroxylation is 3. The minimum atomic E-state index is -3.38. The van der Waals surface area contributed by atoms with E-state index in [0.29, 0.717) is 24.5 Å². The molecule has 0 bridgehead atoms. The van der Waals surface area contributed by atoms with Crippen LogP contribution in [-0.4, -0.2) is 39.3 Å². The molecular formula is C24H29N5O3S. The maximum absolute atomic E-state index is 12.9. The highest BCUT2D eigenvalue weighted by Gasteiger charge is 2.30. The molecule has 4 rings (SSSR count). The largest absolute Gasteiger partial charge is 0.326 e. The van der Waals surface area contributed by atoms with Gasteiger partial charge in [0, 0.05) is 28.3 Å². The predicted molar refractivity (Wildman–Crippen MR) is 126 cm³/mol. The molecule has 33 heavy (non-hydrogen) atoms. The van der Waals surface area contributed by atoms with E-state index in [1.54, 1.807) is 28.9 Å². The van der Waals surface area contributed by atoms with E-state index in [1.807, 2.05) is 33.8 Å². The van der Waals surface area contributed by atoms with Crippen molar-refractivity contribution in [2.24, 2.45) is 0 Å². The second-order valence-corrected chi connectivity index (χ2v) is 10.9. The zero-order valence-electron chi connectivity index (χ0n) is 19.4. The van der Waals surface area contributed by atoms with Crippen LogP contribution in [0.1, 0.15) is 54.0 Å². The first kappa shape index (κ1) is 23.1. The molecular weight excluding hydrogens is 438 g/mol. The minimum absolute atomic E-state index is 0.113. The van der Waals surface area contributed by atoms with E-state index in [0.717, 1.165) is 41.2 Å². The standard InChI is InChI=1S/C24H29N5O3S/c1-15-12-16(2)26-24(25-15)29-18(4)22(17(3)28-29)14-23(30)27-19-8-7-11-21(13-19)33(31,32)20-9-5-6-10-20/h7-8,11-13,20H,5-6,9-10,14H2,1-4H3,(H,27,30). The molecule has 174 valence electrons. The van der Waals surface area contributed by atoms with Crippen LogP contribution in [0.4, 0.5) is 5.69 Å². The molecule has 1 aliphatic carbocycles. The number of rotatable bonds is 6. The lowest BCUT2D eigenvalue weighted by atomic mass is 10.1. The third-order valence-corrected chi connectivity index (χ3v) is 8.39. The van der Waals surface area contributed by atoms with Gasteiger partial charge < -0.3 is 5.32 Å². The Morgan fingerprint density at radius 1 is 1.06 bits per heavy atom. The van der Waals surface area contributed by atoms with Gasteiger partial charge >= 0.3 is 0 Å². The van der Waals surface area contributed by atoms with Crippen LogP contribution in [0.3, 0.4) is 0 Å². The van der Waals surface area contributed by atoms with Gasteiger partial charge in [-0.1, -0.05) is 18.9 Å². The van der Waals surface area contributed by atoms with Crippen LogP contribution in [0.5, 0.6) is 0 Å². The van der Waals surface area contributed by atoms with Gasteiger partial charge in [0.25, 0.3) is 5.95 Å². The number of benzene rings is 1. The molecule has 0 radical (unpaired) electrons. The topological polar surface area (TPSA) is 107 Å². The van der Waals surface area contributed by atoms with Gasteiger partial charge in [0.2, 0.25) is 5.91 Å². The fourth-order valence-corrected chi connectivity index (χ4v) is 6.33. The van der Waals surface area contributed by atoms with Gasteiger partial charge in [-0.25, -0.2) is 23.1 Å². The summed E-state index contributed by atoms with van der Waals surface area (Å²) in [6.07, 6.45) is 3.40. The summed E-state index contributed by atoms with van der Waals surface area (Å²) in [5.74, 6) is 0.238. The fraction of sp³-hybridized carbons (Fsp3) is 0.417. The lowest BCUT2D eigenvalue weighted by Gasteiger charge is -2.13. The molecule has 1 fully saturated rings. The molecule has 2 aromatic heterocycles. The number of anilines is 1. The van der Waals surface area contributed by atoms with Crippen LogP contribution < -0.4 is 5.32 Å². The minimum Gasteiger partial charge on any atom is -0.326 e. The summed E-state index contributed by atoms with van der Waals surface area (Å²) in [6, 6.07) is 8.43. The Morgan fingerprint density at radius 2 is 1.73 bits per heavy atom. The van der Waals surface area contributed by atoms with Crippen molar-refractivity contribution in [3.63, 3.8) is 0 Å². The zero-order chi connectivity index (χ0) is 23.8. The quantitative estimate of drug-likeness (QED) is 0.591. The highest BCUT2D eigenvalue weighted by molar-refractivity contribution is 7.92. The molecule has 1 aromatic carbocycles. The molecule has 3 aromatic rings. The summed E-state index contributed by atoms with van der Waals surface area (Å²) in [7, 11) is -3.38. The Hall–Kier alpha value is -3.07. The Morgan fingerprint density at radius 3 is 2.39 bits per heavy atom. The summed E-state index contributed by atoms with van der Waals surface area (Å²) in [5.41, 5.74) is 4.48. The Kier molecular flexibility index (Phi) is 6.34. The van der Waals surface area contributed by atoms with Crippen LogP contribution in [-0.2, 0) is 21.1 Å². The molecule has 0 atom stereocenters. The highest BCUT2D eigenvalue weighted by Crippen LogP contribution is 2.30. The van der Waals surface area contributed by atoms with Crippen LogP contribution in [0.25, 0.3) is 5.95 Å². The average Bonchev–Trinajstić information content (AvgIpc) is 3.38. The Labute approximate surface area is 194 Å². The van der Waals surface area contributed by atoms with E-state index in [1.165, 1.54) is 0 Å². The zero-order valence-corrected chi connectivity index (χ0v) is 20.2. The second-order valence-electron chi connectivity index (χ2n) is 8.72. The second kappa shape index (κ2) is 9.05. The van der Waals surface area contributed by atoms with E-state index in [4.69, 9.17) is 0 Å². The third kappa shape index (κ3) is 4.83. The molecule has 8 nitrogen and oxygen atoms in total. The Bertz CT molecular complexity index is 1290. The number of sulfone groups is 1. The first-order valence-electron chi connectivity index (χ1n) is 11.2. The van der Waals surface area contributed by atoms with Gasteiger partial charge in [-0.3, -0.25) is 4.79 Å². The van der Waals surface area contributed by atoms with Gasteiger partial charge in [0.1, 0.15) is 0 Å².